The number of hydrogen-bond acceptors (Lipinski definition) is 26. The number of ether oxygens (including phenoxy) is 8. The Labute approximate surface area is 544 Å². The van der Waals surface area contributed by atoms with E-state index in [1.807, 2.05) is 0 Å². The first kappa shape index (κ1) is 66.5. The van der Waals surface area contributed by atoms with Crippen molar-refractivity contribution in [1.82, 2.24) is 19.9 Å². The molecule has 18 N–H and O–H groups in total. The van der Waals surface area contributed by atoms with Crippen LogP contribution in [0.4, 0.5) is 0 Å². The van der Waals surface area contributed by atoms with Crippen LogP contribution in [0.2, 0.25) is 0 Å². The van der Waals surface area contributed by atoms with Crippen molar-refractivity contribution >= 4 is 46.4 Å². The van der Waals surface area contributed by atoms with Crippen LogP contribution < -0.4 is 18.9 Å². The summed E-state index contributed by atoms with van der Waals surface area (Å²) in [5.74, 6) is 0.528. The minimum atomic E-state index is -1.74. The SMILES string of the molecule is OC[C@@H]1O[C@@H](Oc2cccc(-c3c4nc(c(-c5cccc(O[C@@H]6O[C@@H](CO)[C@H](O)[C@@H](O)[C@H]6O)c5)c5ccc([nH]5)c(-c5cccc(O[C@@H]6O[C@@H](CO)[C@H](O)[C@@H](O)[C@H]6O)c5)c5nc(c(-c6cccc(O[C@@H]7O[C@@H](CO)[C@H](O)[C@@H](O)[C@H]7O)c6)c6ccc3[nH]6)C=C5)C=C4)c2)[C@H](O)[C@H](O)[C@H]1O. The zero-order chi connectivity index (χ0) is 67.4. The molecular formula is C68H70N4O24. The smallest absolute Gasteiger partial charge is 0.229 e. The number of aromatic amines is 2. The van der Waals surface area contributed by atoms with E-state index in [9.17, 15) is 81.7 Å². The maximum Gasteiger partial charge on any atom is 0.229 e. The summed E-state index contributed by atoms with van der Waals surface area (Å²) in [5.41, 5.74) is 7.20. The van der Waals surface area contributed by atoms with Crippen molar-refractivity contribution in [3.8, 4) is 67.5 Å². The molecule has 9 heterocycles. The average molecular weight is 1330 g/mol. The van der Waals surface area contributed by atoms with Gasteiger partial charge in [-0.05, 0) is 119 Å². The molecule has 0 spiro atoms. The molecule has 28 nitrogen and oxygen atoms in total. The molecule has 0 saturated carbocycles. The van der Waals surface area contributed by atoms with Gasteiger partial charge in [0, 0.05) is 44.3 Å². The first-order valence-corrected chi connectivity index (χ1v) is 30.8. The van der Waals surface area contributed by atoms with Crippen molar-refractivity contribution in [3.05, 3.63) is 144 Å². The number of aromatic nitrogens is 4. The lowest BCUT2D eigenvalue weighted by molar-refractivity contribution is -0.277. The Kier molecular flexibility index (Phi) is 19.2. The van der Waals surface area contributed by atoms with Crippen LogP contribution in [0.1, 0.15) is 22.8 Å². The Bertz CT molecular complexity index is 3680. The molecule has 4 aromatic carbocycles. The highest BCUT2D eigenvalue weighted by molar-refractivity contribution is 6.00. The van der Waals surface area contributed by atoms with Gasteiger partial charge in [0.25, 0.3) is 0 Å². The third-order valence-corrected chi connectivity index (χ3v) is 17.6. The number of benzene rings is 4. The predicted molar refractivity (Wildman–Crippen MR) is 338 cm³/mol. The van der Waals surface area contributed by atoms with Gasteiger partial charge in [0.15, 0.2) is 0 Å². The van der Waals surface area contributed by atoms with Crippen LogP contribution in [0.3, 0.4) is 0 Å². The van der Waals surface area contributed by atoms with Crippen LogP contribution in [0.15, 0.2) is 121 Å². The molecular weight excluding hydrogens is 1260 g/mol. The van der Waals surface area contributed by atoms with Crippen molar-refractivity contribution in [2.45, 2.75) is 123 Å². The van der Waals surface area contributed by atoms with Gasteiger partial charge in [0.05, 0.1) is 49.2 Å². The molecule has 28 heteroatoms. The molecule has 0 radical (unpaired) electrons. The normalized spacial score (nSPS) is 31.2. The molecule has 6 aliphatic heterocycles. The molecule has 13 rings (SSSR count). The van der Waals surface area contributed by atoms with Gasteiger partial charge in [0.2, 0.25) is 25.2 Å². The number of nitrogens with one attached hydrogen (secondary N) is 2. The first-order chi connectivity index (χ1) is 46.3. The van der Waals surface area contributed by atoms with E-state index >= 15 is 0 Å². The number of aliphatic hydroxyl groups is 16. The topological polar surface area (TPSA) is 455 Å². The van der Waals surface area contributed by atoms with E-state index in [4.69, 9.17) is 47.9 Å². The summed E-state index contributed by atoms with van der Waals surface area (Å²) in [5, 5.41) is 169. The summed E-state index contributed by atoms with van der Waals surface area (Å²) in [6.45, 7) is -2.79. The summed E-state index contributed by atoms with van der Waals surface area (Å²) in [6, 6.07) is 33.9. The number of aliphatic hydroxyl groups excluding tert-OH is 16. The molecule has 7 aromatic rings. The molecule has 8 bridgehead atoms. The zero-order valence-corrected chi connectivity index (χ0v) is 50.5. The number of nitrogens with zero attached hydrogens (tertiary/aromatic N) is 2. The summed E-state index contributed by atoms with van der Waals surface area (Å²) in [7, 11) is 0. The maximum atomic E-state index is 11.1. The third kappa shape index (κ3) is 12.8. The van der Waals surface area contributed by atoms with Gasteiger partial charge in [-0.15, -0.1) is 0 Å². The standard InChI is InChI=1S/C68H70N4O24/c73-25-45-53(77)57(81)61(85)65(93-45)89-33-9-1-5-29(21-33)49-37-13-15-39(69-37)50(30-6-2-10-34(22-30)90-66-62(86)58(82)54(78)46(26-74)94-66)41-17-19-43(71-41)52(32-8-4-12-36(24-32)92-68-64(88)60(84)56(80)48(28-76)96-68)44-20-18-42(72-44)51(40-16-14-38(49)70-40)31-7-3-11-35(23-31)91-67-63(87)59(83)55(79)47(27-75)95-67/h1-24,45-48,53-69,72-88H,25-28H2/t45-,46-,47-,48-,53-,54-,55-,56-,57+,58+,59+,60+,61+,62+,63+,64+,65+,66+,67+,68+/m0/s1. The van der Waals surface area contributed by atoms with Crippen LogP contribution in [0, 0.1) is 0 Å². The Morgan fingerprint density at radius 1 is 0.292 bits per heavy atom. The van der Waals surface area contributed by atoms with Gasteiger partial charge >= 0.3 is 0 Å². The predicted octanol–water partition coefficient (Wildman–Crippen LogP) is 0.0384. The number of fused-ring (bicyclic) bond motifs is 8. The Hall–Kier alpha value is -8.12. The molecule has 0 unspecified atom stereocenters. The monoisotopic (exact) mass is 1330 g/mol. The van der Waals surface area contributed by atoms with E-state index in [1.165, 1.54) is 0 Å². The summed E-state index contributed by atoms with van der Waals surface area (Å²) >= 11 is 0. The van der Waals surface area contributed by atoms with E-state index in [2.05, 4.69) is 9.97 Å². The van der Waals surface area contributed by atoms with Crippen molar-refractivity contribution in [3.63, 3.8) is 0 Å². The lowest BCUT2D eigenvalue weighted by Gasteiger charge is -2.39. The van der Waals surface area contributed by atoms with Gasteiger partial charge in [-0.2, -0.15) is 0 Å². The van der Waals surface area contributed by atoms with Gasteiger partial charge in [-0.25, -0.2) is 9.97 Å². The van der Waals surface area contributed by atoms with Crippen LogP contribution in [0.25, 0.3) is 90.9 Å². The Morgan fingerprint density at radius 2 is 0.510 bits per heavy atom. The van der Waals surface area contributed by atoms with E-state index in [0.717, 1.165) is 0 Å². The van der Waals surface area contributed by atoms with E-state index in [-0.39, 0.29) is 23.0 Å². The van der Waals surface area contributed by atoms with Gasteiger partial charge in [-0.3, -0.25) is 0 Å². The second kappa shape index (κ2) is 27.8. The van der Waals surface area contributed by atoms with E-state index in [0.29, 0.717) is 89.4 Å². The van der Waals surface area contributed by atoms with Crippen molar-refractivity contribution in [2.24, 2.45) is 0 Å². The van der Waals surface area contributed by atoms with Crippen molar-refractivity contribution in [2.75, 3.05) is 26.4 Å². The quantitative estimate of drug-likeness (QED) is 0.0607. The minimum Gasteiger partial charge on any atom is -0.462 e. The second-order valence-electron chi connectivity index (χ2n) is 23.9. The molecule has 0 aliphatic carbocycles. The van der Waals surface area contributed by atoms with Gasteiger partial charge < -0.3 is 130 Å². The number of rotatable bonds is 16. The lowest BCUT2D eigenvalue weighted by atomic mass is 9.99. The fraction of sp³-hybridized carbons (Fsp3) is 0.353. The molecule has 20 atom stereocenters. The Morgan fingerprint density at radius 3 is 0.719 bits per heavy atom. The van der Waals surface area contributed by atoms with Crippen LogP contribution >= 0.6 is 0 Å². The number of H-pyrrole nitrogens is 2. The molecule has 96 heavy (non-hydrogen) atoms. The second-order valence-corrected chi connectivity index (χ2v) is 23.9. The molecule has 4 fully saturated rings. The molecule has 6 aliphatic rings. The largest absolute Gasteiger partial charge is 0.462 e. The van der Waals surface area contributed by atoms with Crippen LogP contribution in [0.5, 0.6) is 23.0 Å². The fourth-order valence-corrected chi connectivity index (χ4v) is 12.5. The molecule has 0 amide bonds. The molecule has 4 saturated heterocycles. The van der Waals surface area contributed by atoms with Crippen LogP contribution in [-0.4, -0.2) is 251 Å². The lowest BCUT2D eigenvalue weighted by Crippen LogP contribution is -2.60. The molecule has 3 aromatic heterocycles. The van der Waals surface area contributed by atoms with E-state index in [1.54, 1.807) is 146 Å². The minimum absolute atomic E-state index is 0.132. The van der Waals surface area contributed by atoms with Gasteiger partial charge in [-0.1, -0.05) is 48.5 Å². The summed E-state index contributed by atoms with van der Waals surface area (Å²) in [6.07, 6.45) is -24.7. The Balaban J connectivity index is 1.03. The van der Waals surface area contributed by atoms with Crippen LogP contribution in [-0.2, 0) is 18.9 Å². The number of hydrogen-bond donors (Lipinski definition) is 18. The third-order valence-electron chi connectivity index (χ3n) is 17.6. The van der Waals surface area contributed by atoms with Crippen molar-refractivity contribution in [1.29, 1.82) is 0 Å². The highest BCUT2D eigenvalue weighted by atomic mass is 16.7. The van der Waals surface area contributed by atoms with E-state index < -0.39 is 149 Å². The van der Waals surface area contributed by atoms with Crippen molar-refractivity contribution < 1.29 is 120 Å². The fourth-order valence-electron chi connectivity index (χ4n) is 12.5. The summed E-state index contributed by atoms with van der Waals surface area (Å²) < 4.78 is 47.6. The van der Waals surface area contributed by atoms with Gasteiger partial charge in [0.1, 0.15) is 121 Å². The highest BCUT2D eigenvalue weighted by Gasteiger charge is 2.48. The maximum absolute atomic E-state index is 11.1. The zero-order valence-electron chi connectivity index (χ0n) is 50.5. The first-order valence-electron chi connectivity index (χ1n) is 30.8. The summed E-state index contributed by atoms with van der Waals surface area (Å²) in [4.78, 5) is 17.9. The molecule has 506 valence electrons. The highest BCUT2D eigenvalue weighted by Crippen LogP contribution is 2.42. The average Bonchev–Trinajstić information content (AvgIpc) is 1.62.